The monoisotopic (exact) mass is 366 g/mol. The van der Waals surface area contributed by atoms with Crippen LogP contribution in [0, 0.1) is 6.92 Å². The summed E-state index contributed by atoms with van der Waals surface area (Å²) in [6.45, 7) is 2.82. The summed E-state index contributed by atoms with van der Waals surface area (Å²) in [5.41, 5.74) is 1.31. The van der Waals surface area contributed by atoms with Gasteiger partial charge in [0.05, 0.1) is 12.8 Å². The molecule has 0 bridgehead atoms. The second-order valence-electron chi connectivity index (χ2n) is 5.99. The molecule has 0 fully saturated rings. The molecule has 3 heterocycles. The molecule has 1 aliphatic heterocycles. The molecule has 0 atom stereocenters. The topological polar surface area (TPSA) is 98.5 Å². The van der Waals surface area contributed by atoms with Crippen LogP contribution in [0.15, 0.2) is 47.1 Å². The number of rotatable bonds is 6. The Kier molecular flexibility index (Phi) is 4.61. The summed E-state index contributed by atoms with van der Waals surface area (Å²) in [5, 5.41) is 5.99. The Balaban J connectivity index is 1.41. The summed E-state index contributed by atoms with van der Waals surface area (Å²) in [4.78, 5) is 20.9. The van der Waals surface area contributed by atoms with Crippen LogP contribution in [-0.2, 0) is 13.1 Å². The van der Waals surface area contributed by atoms with E-state index in [1.165, 1.54) is 0 Å². The number of ether oxygens (including phenoxy) is 2. The van der Waals surface area contributed by atoms with Crippen LogP contribution in [0.5, 0.6) is 11.5 Å². The first kappa shape index (κ1) is 16.9. The van der Waals surface area contributed by atoms with Gasteiger partial charge in [0, 0.05) is 12.6 Å². The average molecular weight is 366 g/mol. The lowest BCUT2D eigenvalue weighted by Crippen LogP contribution is -2.24. The number of aryl methyl sites for hydroxylation is 1. The molecule has 1 aliphatic rings. The van der Waals surface area contributed by atoms with Gasteiger partial charge < -0.3 is 24.5 Å². The van der Waals surface area contributed by atoms with Crippen molar-refractivity contribution in [3.05, 3.63) is 65.5 Å². The van der Waals surface area contributed by atoms with Gasteiger partial charge in [-0.1, -0.05) is 6.07 Å². The lowest BCUT2D eigenvalue weighted by atomic mass is 10.2. The van der Waals surface area contributed by atoms with Crippen LogP contribution in [0.3, 0.4) is 0 Å². The van der Waals surface area contributed by atoms with Gasteiger partial charge in [-0.3, -0.25) is 4.79 Å². The summed E-state index contributed by atoms with van der Waals surface area (Å²) < 4.78 is 15.9. The number of furan rings is 1. The number of hydrogen-bond acceptors (Lipinski definition) is 7. The first-order chi connectivity index (χ1) is 13.2. The van der Waals surface area contributed by atoms with E-state index in [0.717, 1.165) is 17.1 Å². The molecule has 2 aromatic heterocycles. The molecule has 0 saturated carbocycles. The second-order valence-corrected chi connectivity index (χ2v) is 5.99. The number of fused-ring (bicyclic) bond motifs is 1. The number of amides is 1. The van der Waals surface area contributed by atoms with E-state index in [1.807, 2.05) is 18.2 Å². The quantitative estimate of drug-likeness (QED) is 0.692. The van der Waals surface area contributed by atoms with E-state index in [4.69, 9.17) is 13.9 Å². The van der Waals surface area contributed by atoms with Crippen molar-refractivity contribution < 1.29 is 18.7 Å². The van der Waals surface area contributed by atoms with Crippen molar-refractivity contribution in [2.75, 3.05) is 12.1 Å². The number of nitrogens with one attached hydrogen (secondary N) is 2. The van der Waals surface area contributed by atoms with Crippen LogP contribution in [0.4, 0.5) is 5.82 Å². The van der Waals surface area contributed by atoms with Crippen LogP contribution < -0.4 is 20.1 Å². The summed E-state index contributed by atoms with van der Waals surface area (Å²) in [6.07, 6.45) is 1.56. The van der Waals surface area contributed by atoms with Gasteiger partial charge in [0.1, 0.15) is 23.1 Å². The van der Waals surface area contributed by atoms with Crippen LogP contribution in [0.25, 0.3) is 0 Å². The third-order valence-corrected chi connectivity index (χ3v) is 3.98. The normalized spacial score (nSPS) is 12.0. The second kappa shape index (κ2) is 7.36. The minimum Gasteiger partial charge on any atom is -0.467 e. The highest BCUT2D eigenvalue weighted by Gasteiger charge is 2.14. The molecule has 0 aliphatic carbocycles. The molecule has 138 valence electrons. The third-order valence-electron chi connectivity index (χ3n) is 3.98. The van der Waals surface area contributed by atoms with E-state index >= 15 is 0 Å². The predicted molar refractivity (Wildman–Crippen MR) is 96.5 cm³/mol. The molecule has 8 heteroatoms. The van der Waals surface area contributed by atoms with E-state index in [9.17, 15) is 4.79 Å². The van der Waals surface area contributed by atoms with Gasteiger partial charge in [-0.05, 0) is 36.8 Å². The standard InChI is InChI=1S/C19H18N4O4/c1-12-22-15(19(24)21-10-14-3-2-6-25-14)8-18(23-12)20-9-13-4-5-16-17(7-13)27-11-26-16/h2-8H,9-11H2,1H3,(H,21,24)(H,20,22,23). The smallest absolute Gasteiger partial charge is 0.270 e. The highest BCUT2D eigenvalue weighted by molar-refractivity contribution is 5.92. The Morgan fingerprint density at radius 2 is 2.00 bits per heavy atom. The molecular weight excluding hydrogens is 348 g/mol. The van der Waals surface area contributed by atoms with E-state index in [1.54, 1.807) is 31.4 Å². The number of carbonyl (C=O) groups excluding carboxylic acids is 1. The van der Waals surface area contributed by atoms with E-state index in [2.05, 4.69) is 20.6 Å². The third kappa shape index (κ3) is 4.00. The van der Waals surface area contributed by atoms with Crippen molar-refractivity contribution in [2.45, 2.75) is 20.0 Å². The number of aromatic nitrogens is 2. The SMILES string of the molecule is Cc1nc(NCc2ccc3c(c2)OCO3)cc(C(=O)NCc2ccco2)n1. The van der Waals surface area contributed by atoms with Crippen LogP contribution in [0.2, 0.25) is 0 Å². The van der Waals surface area contributed by atoms with Gasteiger partial charge in [-0.2, -0.15) is 0 Å². The van der Waals surface area contributed by atoms with Gasteiger partial charge in [0.25, 0.3) is 5.91 Å². The Morgan fingerprint density at radius 3 is 2.85 bits per heavy atom. The van der Waals surface area contributed by atoms with Gasteiger partial charge in [-0.25, -0.2) is 9.97 Å². The van der Waals surface area contributed by atoms with Crippen molar-refractivity contribution in [1.29, 1.82) is 0 Å². The van der Waals surface area contributed by atoms with Gasteiger partial charge in [0.2, 0.25) is 6.79 Å². The van der Waals surface area contributed by atoms with Crippen molar-refractivity contribution in [3.63, 3.8) is 0 Å². The van der Waals surface area contributed by atoms with E-state index in [0.29, 0.717) is 36.2 Å². The van der Waals surface area contributed by atoms with Crippen LogP contribution in [0.1, 0.15) is 27.6 Å². The van der Waals surface area contributed by atoms with Crippen LogP contribution >= 0.6 is 0 Å². The Labute approximate surface area is 155 Å². The minimum atomic E-state index is -0.289. The van der Waals surface area contributed by atoms with Gasteiger partial charge in [0.15, 0.2) is 11.5 Å². The summed E-state index contributed by atoms with van der Waals surface area (Å²) in [6, 6.07) is 10.9. The zero-order valence-corrected chi connectivity index (χ0v) is 14.7. The lowest BCUT2D eigenvalue weighted by molar-refractivity contribution is 0.0942. The Hall–Kier alpha value is -3.55. The number of benzene rings is 1. The fraction of sp³-hybridized carbons (Fsp3) is 0.211. The maximum Gasteiger partial charge on any atom is 0.270 e. The molecule has 0 unspecified atom stereocenters. The molecule has 0 radical (unpaired) electrons. The van der Waals surface area contributed by atoms with Crippen LogP contribution in [-0.4, -0.2) is 22.7 Å². The molecule has 8 nitrogen and oxygen atoms in total. The van der Waals surface area contributed by atoms with E-state index in [-0.39, 0.29) is 12.7 Å². The van der Waals surface area contributed by atoms with Gasteiger partial charge in [-0.15, -0.1) is 0 Å². The Bertz CT molecular complexity index is 956. The molecular formula is C19H18N4O4. The Morgan fingerprint density at radius 1 is 1.11 bits per heavy atom. The first-order valence-electron chi connectivity index (χ1n) is 8.46. The largest absolute Gasteiger partial charge is 0.467 e. The molecule has 0 saturated heterocycles. The molecule has 4 rings (SSSR count). The lowest BCUT2D eigenvalue weighted by Gasteiger charge is -2.09. The van der Waals surface area contributed by atoms with Crippen molar-refractivity contribution in [1.82, 2.24) is 15.3 Å². The zero-order valence-electron chi connectivity index (χ0n) is 14.7. The molecule has 2 N–H and O–H groups in total. The highest BCUT2D eigenvalue weighted by atomic mass is 16.7. The van der Waals surface area contributed by atoms with Gasteiger partial charge >= 0.3 is 0 Å². The fourth-order valence-electron chi connectivity index (χ4n) is 2.69. The van der Waals surface area contributed by atoms with Crippen molar-refractivity contribution in [3.8, 4) is 11.5 Å². The number of carbonyl (C=O) groups is 1. The minimum absolute atomic E-state index is 0.244. The number of anilines is 1. The summed E-state index contributed by atoms with van der Waals surface area (Å²) >= 11 is 0. The zero-order chi connectivity index (χ0) is 18.6. The number of hydrogen-bond donors (Lipinski definition) is 2. The average Bonchev–Trinajstić information content (AvgIpc) is 3.35. The maximum absolute atomic E-state index is 12.3. The summed E-state index contributed by atoms with van der Waals surface area (Å²) in [7, 11) is 0. The van der Waals surface area contributed by atoms with Crippen molar-refractivity contribution >= 4 is 11.7 Å². The highest BCUT2D eigenvalue weighted by Crippen LogP contribution is 2.32. The molecule has 27 heavy (non-hydrogen) atoms. The van der Waals surface area contributed by atoms with E-state index < -0.39 is 0 Å². The summed E-state index contributed by atoms with van der Waals surface area (Å²) in [5.74, 6) is 2.94. The van der Waals surface area contributed by atoms with Crippen molar-refractivity contribution in [2.24, 2.45) is 0 Å². The number of nitrogens with zero attached hydrogens (tertiary/aromatic N) is 2. The first-order valence-corrected chi connectivity index (χ1v) is 8.46. The maximum atomic E-state index is 12.3. The predicted octanol–water partition coefficient (Wildman–Crippen LogP) is 2.65. The molecule has 1 amide bonds. The molecule has 1 aromatic carbocycles. The fourth-order valence-corrected chi connectivity index (χ4v) is 2.69. The molecule has 0 spiro atoms. The molecule has 3 aromatic rings.